The van der Waals surface area contributed by atoms with Crippen molar-refractivity contribution in [2.75, 3.05) is 19.6 Å². The van der Waals surface area contributed by atoms with Crippen LogP contribution in [0.25, 0.3) is 0 Å². The third-order valence-corrected chi connectivity index (χ3v) is 4.36. The van der Waals surface area contributed by atoms with Crippen LogP contribution in [0.4, 0.5) is 4.39 Å². The first-order valence-electron chi connectivity index (χ1n) is 7.17. The van der Waals surface area contributed by atoms with Crippen LogP contribution < -0.4 is 5.32 Å². The molecule has 110 valence electrons. The molecule has 0 spiro atoms. The number of hydrogen-bond acceptors (Lipinski definition) is 2. The van der Waals surface area contributed by atoms with Crippen LogP contribution in [0, 0.1) is 5.82 Å². The minimum atomic E-state index is -0.140. The molecule has 2 aromatic rings. The molecule has 0 bridgehead atoms. The molecule has 0 radical (unpaired) electrons. The van der Waals surface area contributed by atoms with Gasteiger partial charge >= 0.3 is 0 Å². The van der Waals surface area contributed by atoms with Gasteiger partial charge in [-0.3, -0.25) is 4.90 Å². The second kappa shape index (κ2) is 6.69. The third kappa shape index (κ3) is 3.70. The van der Waals surface area contributed by atoms with Crippen LogP contribution in [-0.4, -0.2) is 24.5 Å². The van der Waals surface area contributed by atoms with E-state index in [-0.39, 0.29) is 5.82 Å². The van der Waals surface area contributed by atoms with E-state index in [1.54, 1.807) is 0 Å². The van der Waals surface area contributed by atoms with Gasteiger partial charge in [0.05, 0.1) is 0 Å². The van der Waals surface area contributed by atoms with E-state index in [9.17, 15) is 4.39 Å². The molecule has 2 aromatic carbocycles. The molecule has 1 aliphatic rings. The Morgan fingerprint density at radius 2 is 2.00 bits per heavy atom. The summed E-state index contributed by atoms with van der Waals surface area (Å²) in [6, 6.07) is 16.0. The number of nitrogens with one attached hydrogen (secondary N) is 1. The lowest BCUT2D eigenvalue weighted by atomic mass is 10.0. The van der Waals surface area contributed by atoms with Gasteiger partial charge in [-0.15, -0.1) is 0 Å². The molecule has 1 unspecified atom stereocenters. The van der Waals surface area contributed by atoms with Gasteiger partial charge in [0.15, 0.2) is 0 Å². The van der Waals surface area contributed by atoms with E-state index in [2.05, 4.69) is 50.4 Å². The molecule has 1 fully saturated rings. The third-order valence-electron chi connectivity index (χ3n) is 3.87. The maximum absolute atomic E-state index is 14.0. The summed E-state index contributed by atoms with van der Waals surface area (Å²) in [7, 11) is 0. The van der Waals surface area contributed by atoms with Crippen LogP contribution in [0.1, 0.15) is 17.2 Å². The normalized spacial score (nSPS) is 19.6. The average Bonchev–Trinajstić information content (AvgIpc) is 2.51. The predicted octanol–water partition coefficient (Wildman–Crippen LogP) is 3.73. The van der Waals surface area contributed by atoms with Crippen molar-refractivity contribution in [2.24, 2.45) is 0 Å². The molecule has 3 rings (SSSR count). The molecule has 0 amide bonds. The molecule has 0 saturated carbocycles. The van der Waals surface area contributed by atoms with Gasteiger partial charge in [-0.1, -0.05) is 52.3 Å². The van der Waals surface area contributed by atoms with Crippen molar-refractivity contribution in [3.63, 3.8) is 0 Å². The lowest BCUT2D eigenvalue weighted by Gasteiger charge is -2.34. The molecule has 1 heterocycles. The number of nitrogens with zero attached hydrogens (tertiary/aromatic N) is 1. The zero-order chi connectivity index (χ0) is 14.7. The Morgan fingerprint density at radius 1 is 1.19 bits per heavy atom. The van der Waals surface area contributed by atoms with Crippen molar-refractivity contribution in [3.05, 3.63) is 69.9 Å². The van der Waals surface area contributed by atoms with Crippen LogP contribution in [-0.2, 0) is 6.54 Å². The second-order valence-electron chi connectivity index (χ2n) is 5.39. The highest BCUT2D eigenvalue weighted by molar-refractivity contribution is 9.10. The van der Waals surface area contributed by atoms with Gasteiger partial charge in [-0.05, 0) is 17.7 Å². The Morgan fingerprint density at radius 3 is 2.76 bits per heavy atom. The topological polar surface area (TPSA) is 15.3 Å². The molecule has 1 saturated heterocycles. The molecule has 2 nitrogen and oxygen atoms in total. The summed E-state index contributed by atoms with van der Waals surface area (Å²) in [4.78, 5) is 2.31. The molecule has 21 heavy (non-hydrogen) atoms. The number of hydrogen-bond donors (Lipinski definition) is 1. The van der Waals surface area contributed by atoms with E-state index < -0.39 is 0 Å². The summed E-state index contributed by atoms with van der Waals surface area (Å²) in [5.74, 6) is -0.140. The number of benzene rings is 2. The monoisotopic (exact) mass is 348 g/mol. The van der Waals surface area contributed by atoms with Crippen LogP contribution in [0.3, 0.4) is 0 Å². The van der Waals surface area contributed by atoms with Crippen molar-refractivity contribution in [3.8, 4) is 0 Å². The first kappa shape index (κ1) is 14.7. The highest BCUT2D eigenvalue weighted by Gasteiger charge is 2.21. The SMILES string of the molecule is Fc1cc(Br)ccc1CN1CCNC(c2ccccc2)C1. The first-order valence-corrected chi connectivity index (χ1v) is 7.96. The Labute approximate surface area is 133 Å². The molecule has 1 N–H and O–H groups in total. The summed E-state index contributed by atoms with van der Waals surface area (Å²) in [5.41, 5.74) is 2.05. The minimum Gasteiger partial charge on any atom is -0.308 e. The molecule has 1 aliphatic heterocycles. The van der Waals surface area contributed by atoms with E-state index in [1.807, 2.05) is 18.2 Å². The number of rotatable bonds is 3. The van der Waals surface area contributed by atoms with Crippen molar-refractivity contribution in [1.82, 2.24) is 10.2 Å². The van der Waals surface area contributed by atoms with Gasteiger partial charge in [-0.2, -0.15) is 0 Å². The fourth-order valence-electron chi connectivity index (χ4n) is 2.75. The fourth-order valence-corrected chi connectivity index (χ4v) is 3.09. The quantitative estimate of drug-likeness (QED) is 0.908. The standard InChI is InChI=1S/C17H18BrFN2/c18-15-7-6-14(16(19)10-15)11-21-9-8-20-17(12-21)13-4-2-1-3-5-13/h1-7,10,17,20H,8-9,11-12H2. The van der Waals surface area contributed by atoms with Crippen LogP contribution >= 0.6 is 15.9 Å². The maximum atomic E-state index is 14.0. The maximum Gasteiger partial charge on any atom is 0.128 e. The summed E-state index contributed by atoms with van der Waals surface area (Å²) >= 11 is 3.30. The van der Waals surface area contributed by atoms with Gasteiger partial charge in [0.25, 0.3) is 0 Å². The summed E-state index contributed by atoms with van der Waals surface area (Å²) in [6.07, 6.45) is 0. The van der Waals surface area contributed by atoms with Crippen molar-refractivity contribution in [1.29, 1.82) is 0 Å². The van der Waals surface area contributed by atoms with E-state index >= 15 is 0 Å². The van der Waals surface area contributed by atoms with Crippen molar-refractivity contribution < 1.29 is 4.39 Å². The zero-order valence-electron chi connectivity index (χ0n) is 11.7. The van der Waals surface area contributed by atoms with Gasteiger partial charge in [0.2, 0.25) is 0 Å². The van der Waals surface area contributed by atoms with Crippen LogP contribution in [0.15, 0.2) is 53.0 Å². The highest BCUT2D eigenvalue weighted by atomic mass is 79.9. The molecular weight excluding hydrogens is 331 g/mol. The van der Waals surface area contributed by atoms with E-state index in [0.29, 0.717) is 12.6 Å². The van der Waals surface area contributed by atoms with E-state index in [0.717, 1.165) is 29.7 Å². The highest BCUT2D eigenvalue weighted by Crippen LogP contribution is 2.21. The fraction of sp³-hybridized carbons (Fsp3) is 0.294. The van der Waals surface area contributed by atoms with Crippen LogP contribution in [0.5, 0.6) is 0 Å². The van der Waals surface area contributed by atoms with Crippen molar-refractivity contribution >= 4 is 15.9 Å². The van der Waals surface area contributed by atoms with E-state index in [4.69, 9.17) is 0 Å². The Kier molecular flexibility index (Phi) is 4.68. The number of piperazine rings is 1. The Bertz CT molecular complexity index is 603. The average molecular weight is 349 g/mol. The lowest BCUT2D eigenvalue weighted by molar-refractivity contribution is 0.191. The Balaban J connectivity index is 1.69. The largest absolute Gasteiger partial charge is 0.308 e. The molecule has 0 aromatic heterocycles. The van der Waals surface area contributed by atoms with Crippen molar-refractivity contribution in [2.45, 2.75) is 12.6 Å². The molecule has 4 heteroatoms. The summed E-state index contributed by atoms with van der Waals surface area (Å²) in [5, 5.41) is 3.53. The lowest BCUT2D eigenvalue weighted by Crippen LogP contribution is -2.45. The smallest absolute Gasteiger partial charge is 0.128 e. The first-order chi connectivity index (χ1) is 10.2. The summed E-state index contributed by atoms with van der Waals surface area (Å²) < 4.78 is 14.7. The second-order valence-corrected chi connectivity index (χ2v) is 6.30. The predicted molar refractivity (Wildman–Crippen MR) is 86.6 cm³/mol. The van der Waals surface area contributed by atoms with Gasteiger partial charge < -0.3 is 5.32 Å². The molecule has 1 atom stereocenters. The summed E-state index contributed by atoms with van der Waals surface area (Å²) in [6.45, 7) is 3.43. The Hall–Kier alpha value is -1.23. The van der Waals surface area contributed by atoms with Gasteiger partial charge in [0.1, 0.15) is 5.82 Å². The zero-order valence-corrected chi connectivity index (χ0v) is 13.3. The molecule has 0 aliphatic carbocycles. The minimum absolute atomic E-state index is 0.140. The van der Waals surface area contributed by atoms with Gasteiger partial charge in [-0.25, -0.2) is 4.39 Å². The molecular formula is C17H18BrFN2. The van der Waals surface area contributed by atoms with Crippen LogP contribution in [0.2, 0.25) is 0 Å². The number of halogens is 2. The van der Waals surface area contributed by atoms with Gasteiger partial charge in [0, 0.05) is 42.3 Å². The van der Waals surface area contributed by atoms with E-state index in [1.165, 1.54) is 11.6 Å².